The lowest BCUT2D eigenvalue weighted by Gasteiger charge is -2.29. The SMILES string of the molecule is O=C(Nc1ncccc1C1CN2C(CN3CCOCC3)=CSC2=N1)c1cnc2ccccc2n1. The fraction of sp³-hybridized carbons (Fsp3) is 0.292. The predicted molar refractivity (Wildman–Crippen MR) is 132 cm³/mol. The first-order chi connectivity index (χ1) is 16.7. The summed E-state index contributed by atoms with van der Waals surface area (Å²) in [5, 5.41) is 6.11. The number of amidine groups is 1. The fourth-order valence-corrected chi connectivity index (χ4v) is 5.27. The highest BCUT2D eigenvalue weighted by Crippen LogP contribution is 2.38. The van der Waals surface area contributed by atoms with Gasteiger partial charge >= 0.3 is 0 Å². The van der Waals surface area contributed by atoms with Crippen LogP contribution in [0.1, 0.15) is 22.1 Å². The number of morpholine rings is 1. The molecule has 3 aromatic rings. The third kappa shape index (κ3) is 4.15. The van der Waals surface area contributed by atoms with Gasteiger partial charge in [0.2, 0.25) is 0 Å². The van der Waals surface area contributed by atoms with E-state index in [1.807, 2.05) is 36.4 Å². The van der Waals surface area contributed by atoms with Gasteiger partial charge in [-0.25, -0.2) is 9.97 Å². The molecule has 1 unspecified atom stereocenters. The number of rotatable bonds is 5. The number of benzene rings is 1. The number of thioether (sulfide) groups is 1. The zero-order valence-corrected chi connectivity index (χ0v) is 19.2. The number of para-hydroxylation sites is 2. The minimum absolute atomic E-state index is 0.109. The summed E-state index contributed by atoms with van der Waals surface area (Å²) in [6.07, 6.45) is 3.17. The van der Waals surface area contributed by atoms with E-state index in [2.05, 4.69) is 35.5 Å². The number of aromatic nitrogens is 3. The fourth-order valence-electron chi connectivity index (χ4n) is 4.32. The van der Waals surface area contributed by atoms with E-state index in [1.54, 1.807) is 18.0 Å². The molecule has 1 N–H and O–H groups in total. The largest absolute Gasteiger partial charge is 0.379 e. The summed E-state index contributed by atoms with van der Waals surface area (Å²) in [6, 6.07) is 11.2. The third-order valence-electron chi connectivity index (χ3n) is 6.10. The van der Waals surface area contributed by atoms with Gasteiger partial charge in [-0.05, 0) is 23.6 Å². The maximum atomic E-state index is 13.0. The predicted octanol–water partition coefficient (Wildman–Crippen LogP) is 2.91. The topological polar surface area (TPSA) is 95.8 Å². The number of amides is 1. The molecule has 0 saturated carbocycles. The Kier molecular flexibility index (Phi) is 5.69. The molecule has 3 aliphatic rings. The molecule has 10 heteroatoms. The van der Waals surface area contributed by atoms with Crippen molar-refractivity contribution in [2.45, 2.75) is 6.04 Å². The van der Waals surface area contributed by atoms with Crippen LogP contribution < -0.4 is 5.32 Å². The summed E-state index contributed by atoms with van der Waals surface area (Å²) in [7, 11) is 0. The molecule has 34 heavy (non-hydrogen) atoms. The summed E-state index contributed by atoms with van der Waals surface area (Å²) in [5.41, 5.74) is 3.82. The average molecular weight is 474 g/mol. The quantitative estimate of drug-likeness (QED) is 0.604. The van der Waals surface area contributed by atoms with Gasteiger partial charge in [-0.1, -0.05) is 30.0 Å². The normalized spacial score (nSPS) is 20.2. The number of hydrogen-bond acceptors (Lipinski definition) is 9. The molecule has 1 atom stereocenters. The Bertz CT molecular complexity index is 1310. The molecule has 9 nitrogen and oxygen atoms in total. The Morgan fingerprint density at radius 3 is 2.85 bits per heavy atom. The first kappa shape index (κ1) is 21.2. The number of ether oxygens (including phenoxy) is 1. The van der Waals surface area contributed by atoms with Crippen LogP contribution >= 0.6 is 11.8 Å². The van der Waals surface area contributed by atoms with Gasteiger partial charge in [-0.15, -0.1) is 0 Å². The van der Waals surface area contributed by atoms with Crippen molar-refractivity contribution in [1.82, 2.24) is 24.8 Å². The molecular weight excluding hydrogens is 450 g/mol. The highest BCUT2D eigenvalue weighted by atomic mass is 32.2. The molecule has 1 aromatic carbocycles. The van der Waals surface area contributed by atoms with Crippen molar-refractivity contribution in [3.63, 3.8) is 0 Å². The second kappa shape index (κ2) is 9.13. The molecule has 0 spiro atoms. The van der Waals surface area contributed by atoms with E-state index in [1.165, 1.54) is 11.9 Å². The molecular formula is C24H23N7O2S. The van der Waals surface area contributed by atoms with Crippen LogP contribution in [-0.4, -0.2) is 75.2 Å². The van der Waals surface area contributed by atoms with E-state index in [-0.39, 0.29) is 17.6 Å². The molecule has 1 fully saturated rings. The number of anilines is 1. The molecule has 6 rings (SSSR count). The van der Waals surface area contributed by atoms with Crippen LogP contribution in [0.4, 0.5) is 5.82 Å². The van der Waals surface area contributed by atoms with Crippen LogP contribution in [0.25, 0.3) is 11.0 Å². The molecule has 172 valence electrons. The summed E-state index contributed by atoms with van der Waals surface area (Å²) in [4.78, 5) is 35.8. The van der Waals surface area contributed by atoms with Gasteiger partial charge in [-0.2, -0.15) is 0 Å². The Morgan fingerprint density at radius 1 is 1.12 bits per heavy atom. The molecule has 1 amide bonds. The van der Waals surface area contributed by atoms with E-state index in [0.29, 0.717) is 11.3 Å². The van der Waals surface area contributed by atoms with Gasteiger partial charge in [0.1, 0.15) is 11.5 Å². The number of aliphatic imine (C=N–C) groups is 1. The average Bonchev–Trinajstić information content (AvgIpc) is 3.46. The van der Waals surface area contributed by atoms with E-state index in [9.17, 15) is 4.79 Å². The summed E-state index contributed by atoms with van der Waals surface area (Å²) < 4.78 is 5.47. The van der Waals surface area contributed by atoms with Crippen molar-refractivity contribution in [3.05, 3.63) is 71.2 Å². The number of nitrogens with zero attached hydrogens (tertiary/aromatic N) is 6. The second-order valence-electron chi connectivity index (χ2n) is 8.29. The Balaban J connectivity index is 1.18. The van der Waals surface area contributed by atoms with E-state index >= 15 is 0 Å². The number of carbonyl (C=O) groups is 1. The summed E-state index contributed by atoms with van der Waals surface area (Å²) >= 11 is 1.66. The Morgan fingerprint density at radius 2 is 1.97 bits per heavy atom. The summed E-state index contributed by atoms with van der Waals surface area (Å²) in [5.74, 6) is 0.160. The van der Waals surface area contributed by atoms with Gasteiger partial charge in [0.25, 0.3) is 5.91 Å². The monoisotopic (exact) mass is 473 g/mol. The van der Waals surface area contributed by atoms with Crippen LogP contribution in [0.5, 0.6) is 0 Å². The molecule has 1 saturated heterocycles. The lowest BCUT2D eigenvalue weighted by atomic mass is 10.1. The molecule has 5 heterocycles. The van der Waals surface area contributed by atoms with Crippen molar-refractivity contribution in [1.29, 1.82) is 0 Å². The smallest absolute Gasteiger partial charge is 0.277 e. The minimum atomic E-state index is -0.341. The maximum absolute atomic E-state index is 13.0. The number of nitrogens with one attached hydrogen (secondary N) is 1. The highest BCUT2D eigenvalue weighted by Gasteiger charge is 2.34. The number of carbonyl (C=O) groups excluding carboxylic acids is 1. The standard InChI is InChI=1S/C24H23N7O2S/c32-23(20-12-26-18-5-1-2-6-19(18)27-20)29-22-17(4-3-7-25-22)21-14-31-16(15-34-24(31)28-21)13-30-8-10-33-11-9-30/h1-7,12,15,21H,8-11,13-14H2,(H,25,29,32). The maximum Gasteiger partial charge on any atom is 0.277 e. The first-order valence-corrected chi connectivity index (χ1v) is 12.1. The lowest BCUT2D eigenvalue weighted by Crippen LogP contribution is -2.39. The molecule has 2 aromatic heterocycles. The Hall–Kier alpha value is -3.34. The second-order valence-corrected chi connectivity index (χ2v) is 9.13. The molecule has 3 aliphatic heterocycles. The zero-order valence-electron chi connectivity index (χ0n) is 18.4. The van der Waals surface area contributed by atoms with Crippen molar-refractivity contribution in [2.24, 2.45) is 4.99 Å². The van der Waals surface area contributed by atoms with Gasteiger partial charge < -0.3 is 15.0 Å². The number of hydrogen-bond donors (Lipinski definition) is 1. The minimum Gasteiger partial charge on any atom is -0.379 e. The lowest BCUT2D eigenvalue weighted by molar-refractivity contribution is 0.0405. The van der Waals surface area contributed by atoms with Gasteiger partial charge in [0.15, 0.2) is 5.17 Å². The Labute approximate surface area is 200 Å². The van der Waals surface area contributed by atoms with Crippen molar-refractivity contribution in [2.75, 3.05) is 44.7 Å². The van der Waals surface area contributed by atoms with Gasteiger partial charge in [-0.3, -0.25) is 19.7 Å². The van der Waals surface area contributed by atoms with Crippen molar-refractivity contribution < 1.29 is 9.53 Å². The van der Waals surface area contributed by atoms with Crippen LogP contribution in [0, 0.1) is 0 Å². The van der Waals surface area contributed by atoms with E-state index < -0.39 is 0 Å². The molecule has 0 radical (unpaired) electrons. The van der Waals surface area contributed by atoms with Crippen LogP contribution in [0.3, 0.4) is 0 Å². The highest BCUT2D eigenvalue weighted by molar-refractivity contribution is 8.16. The van der Waals surface area contributed by atoms with Crippen molar-refractivity contribution >= 4 is 39.7 Å². The zero-order chi connectivity index (χ0) is 22.9. The molecule has 0 aliphatic carbocycles. The summed E-state index contributed by atoms with van der Waals surface area (Å²) in [6.45, 7) is 5.07. The number of pyridine rings is 1. The van der Waals surface area contributed by atoms with Crippen LogP contribution in [-0.2, 0) is 4.74 Å². The van der Waals surface area contributed by atoms with Gasteiger partial charge in [0.05, 0.1) is 43.0 Å². The third-order valence-corrected chi connectivity index (χ3v) is 7.03. The van der Waals surface area contributed by atoms with Crippen molar-refractivity contribution in [3.8, 4) is 0 Å². The van der Waals surface area contributed by atoms with Crippen LogP contribution in [0.15, 0.2) is 64.9 Å². The van der Waals surface area contributed by atoms with E-state index in [4.69, 9.17) is 9.73 Å². The molecule has 0 bridgehead atoms. The van der Waals surface area contributed by atoms with Gasteiger partial charge in [0, 0.05) is 37.1 Å². The number of fused-ring (bicyclic) bond motifs is 2. The van der Waals surface area contributed by atoms with E-state index in [0.717, 1.165) is 55.6 Å². The van der Waals surface area contributed by atoms with Crippen LogP contribution in [0.2, 0.25) is 0 Å². The first-order valence-electron chi connectivity index (χ1n) is 11.2.